The van der Waals surface area contributed by atoms with Gasteiger partial charge in [-0.1, -0.05) is 12.1 Å². The van der Waals surface area contributed by atoms with E-state index >= 15 is 0 Å². The first kappa shape index (κ1) is 17.7. The molecular weight excluding hydrogens is 334 g/mol. The van der Waals surface area contributed by atoms with Crippen molar-refractivity contribution >= 4 is 23.4 Å². The van der Waals surface area contributed by atoms with E-state index in [4.69, 9.17) is 9.84 Å². The molecule has 1 atom stereocenters. The largest absolute Gasteiger partial charge is 0.489 e. The zero-order valence-electron chi connectivity index (χ0n) is 14.4. The molecule has 1 aliphatic rings. The Kier molecular flexibility index (Phi) is 5.87. The minimum Gasteiger partial charge on any atom is -0.489 e. The fourth-order valence-electron chi connectivity index (χ4n) is 3.21. The molecular formula is C20H23NO3S. The van der Waals surface area contributed by atoms with E-state index in [0.717, 1.165) is 36.4 Å². The topological polar surface area (TPSA) is 49.8 Å². The molecule has 0 radical (unpaired) electrons. The quantitative estimate of drug-likeness (QED) is 0.743. The summed E-state index contributed by atoms with van der Waals surface area (Å²) in [5.41, 5.74) is 2.21. The van der Waals surface area contributed by atoms with E-state index in [2.05, 4.69) is 35.4 Å². The number of hydrogen-bond acceptors (Lipinski definition) is 4. The lowest BCUT2D eigenvalue weighted by Gasteiger charge is -2.25. The lowest BCUT2D eigenvalue weighted by Crippen LogP contribution is -2.31. The Morgan fingerprint density at radius 1 is 1.20 bits per heavy atom. The first-order chi connectivity index (χ1) is 12.2. The number of nitrogens with zero attached hydrogens (tertiary/aromatic N) is 1. The Labute approximate surface area is 152 Å². The Morgan fingerprint density at radius 2 is 1.92 bits per heavy atom. The SMILES string of the molecule is CSc1ccc(COc2ccc(N3CCC[C@H]3CC(=O)O)cc2)cc1. The molecule has 2 aromatic carbocycles. The Balaban J connectivity index is 1.59. The minimum absolute atomic E-state index is 0.0965. The number of carboxylic acid groups (broad SMARTS) is 1. The Hall–Kier alpha value is -2.14. The average Bonchev–Trinajstić information content (AvgIpc) is 3.08. The van der Waals surface area contributed by atoms with Crippen molar-refractivity contribution in [3.8, 4) is 5.75 Å². The maximum Gasteiger partial charge on any atom is 0.305 e. The van der Waals surface area contributed by atoms with Gasteiger partial charge in [0.1, 0.15) is 12.4 Å². The van der Waals surface area contributed by atoms with E-state index in [1.807, 2.05) is 24.3 Å². The zero-order chi connectivity index (χ0) is 17.6. The van der Waals surface area contributed by atoms with Crippen molar-refractivity contribution in [2.75, 3.05) is 17.7 Å². The van der Waals surface area contributed by atoms with Gasteiger partial charge in [0.25, 0.3) is 0 Å². The van der Waals surface area contributed by atoms with Crippen LogP contribution in [-0.4, -0.2) is 29.9 Å². The summed E-state index contributed by atoms with van der Waals surface area (Å²) in [6.07, 6.45) is 4.25. The van der Waals surface area contributed by atoms with Crippen LogP contribution in [0.3, 0.4) is 0 Å². The summed E-state index contributed by atoms with van der Waals surface area (Å²) in [7, 11) is 0. The molecule has 0 saturated carbocycles. The Morgan fingerprint density at radius 3 is 2.56 bits per heavy atom. The van der Waals surface area contributed by atoms with E-state index in [-0.39, 0.29) is 12.5 Å². The summed E-state index contributed by atoms with van der Waals surface area (Å²) in [4.78, 5) is 14.4. The fourth-order valence-corrected chi connectivity index (χ4v) is 3.62. The summed E-state index contributed by atoms with van der Waals surface area (Å²) in [6.45, 7) is 1.46. The van der Waals surface area contributed by atoms with Crippen LogP contribution in [0.2, 0.25) is 0 Å². The van der Waals surface area contributed by atoms with Crippen LogP contribution in [0.1, 0.15) is 24.8 Å². The Bertz CT molecular complexity index is 700. The van der Waals surface area contributed by atoms with Crippen molar-refractivity contribution in [2.45, 2.75) is 36.8 Å². The van der Waals surface area contributed by atoms with Gasteiger partial charge >= 0.3 is 5.97 Å². The molecule has 0 unspecified atom stereocenters. The molecule has 0 aromatic heterocycles. The summed E-state index contributed by atoms with van der Waals surface area (Å²) in [5.74, 6) is 0.0935. The highest BCUT2D eigenvalue weighted by Gasteiger charge is 2.26. The van der Waals surface area contributed by atoms with Crippen molar-refractivity contribution in [1.82, 2.24) is 0 Å². The van der Waals surface area contributed by atoms with E-state index in [9.17, 15) is 4.79 Å². The van der Waals surface area contributed by atoms with Gasteiger partial charge in [0.15, 0.2) is 0 Å². The molecule has 1 aliphatic heterocycles. The van der Waals surface area contributed by atoms with E-state index in [1.54, 1.807) is 11.8 Å². The number of rotatable bonds is 7. The minimum atomic E-state index is -0.732. The van der Waals surface area contributed by atoms with Crippen LogP contribution in [0.5, 0.6) is 5.75 Å². The number of anilines is 1. The van der Waals surface area contributed by atoms with Gasteiger partial charge in [0, 0.05) is 23.2 Å². The van der Waals surface area contributed by atoms with Gasteiger partial charge in [-0.3, -0.25) is 4.79 Å². The van der Waals surface area contributed by atoms with Gasteiger partial charge < -0.3 is 14.7 Å². The third-order valence-electron chi connectivity index (χ3n) is 4.52. The van der Waals surface area contributed by atoms with Crippen LogP contribution in [0, 0.1) is 0 Å². The van der Waals surface area contributed by atoms with Gasteiger partial charge in [0.2, 0.25) is 0 Å². The second kappa shape index (κ2) is 8.30. The highest BCUT2D eigenvalue weighted by molar-refractivity contribution is 7.98. The van der Waals surface area contributed by atoms with Crippen LogP contribution in [0.4, 0.5) is 5.69 Å². The van der Waals surface area contributed by atoms with Crippen molar-refractivity contribution in [3.63, 3.8) is 0 Å². The van der Waals surface area contributed by atoms with Crippen molar-refractivity contribution < 1.29 is 14.6 Å². The number of thioether (sulfide) groups is 1. The van der Waals surface area contributed by atoms with Crippen molar-refractivity contribution in [1.29, 1.82) is 0 Å². The number of benzene rings is 2. The lowest BCUT2D eigenvalue weighted by molar-refractivity contribution is -0.137. The summed E-state index contributed by atoms with van der Waals surface area (Å²) >= 11 is 1.73. The molecule has 1 heterocycles. The number of aliphatic carboxylic acids is 1. The summed E-state index contributed by atoms with van der Waals surface area (Å²) in [6, 6.07) is 16.4. The molecule has 132 valence electrons. The van der Waals surface area contributed by atoms with Gasteiger partial charge in [-0.25, -0.2) is 0 Å². The second-order valence-corrected chi connectivity index (χ2v) is 7.10. The van der Waals surface area contributed by atoms with E-state index in [1.165, 1.54) is 4.90 Å². The molecule has 5 heteroatoms. The smallest absolute Gasteiger partial charge is 0.305 e. The first-order valence-corrected chi connectivity index (χ1v) is 9.72. The standard InChI is InChI=1S/C20H23NO3S/c1-25-19-10-4-15(5-11-19)14-24-18-8-6-16(7-9-18)21-12-2-3-17(21)13-20(22)23/h4-11,17H,2-3,12-14H2,1H3,(H,22,23)/t17-/m0/s1. The predicted molar refractivity (Wildman–Crippen MR) is 102 cm³/mol. The van der Waals surface area contributed by atoms with Crippen LogP contribution < -0.4 is 9.64 Å². The van der Waals surface area contributed by atoms with Gasteiger partial charge in [0.05, 0.1) is 6.42 Å². The molecule has 2 aromatic rings. The number of carbonyl (C=O) groups is 1. The van der Waals surface area contributed by atoms with Crippen molar-refractivity contribution in [3.05, 3.63) is 54.1 Å². The number of carboxylic acids is 1. The van der Waals surface area contributed by atoms with Crippen LogP contribution in [0.25, 0.3) is 0 Å². The van der Waals surface area contributed by atoms with Crippen LogP contribution in [0.15, 0.2) is 53.4 Å². The predicted octanol–water partition coefficient (Wildman–Crippen LogP) is 4.43. The van der Waals surface area contributed by atoms with Gasteiger partial charge in [-0.15, -0.1) is 11.8 Å². The lowest BCUT2D eigenvalue weighted by atomic mass is 10.1. The molecule has 4 nitrogen and oxygen atoms in total. The van der Waals surface area contributed by atoms with Crippen LogP contribution in [-0.2, 0) is 11.4 Å². The third kappa shape index (κ3) is 4.69. The van der Waals surface area contributed by atoms with Crippen molar-refractivity contribution in [2.24, 2.45) is 0 Å². The molecule has 0 aliphatic carbocycles. The molecule has 3 rings (SSSR count). The first-order valence-electron chi connectivity index (χ1n) is 8.50. The fraction of sp³-hybridized carbons (Fsp3) is 0.350. The molecule has 1 fully saturated rings. The molecule has 0 bridgehead atoms. The summed E-state index contributed by atoms with van der Waals surface area (Å²) < 4.78 is 5.86. The molecule has 0 spiro atoms. The maximum atomic E-state index is 11.0. The highest BCUT2D eigenvalue weighted by Crippen LogP contribution is 2.29. The zero-order valence-corrected chi connectivity index (χ0v) is 15.2. The van der Waals surface area contributed by atoms with Gasteiger partial charge in [-0.2, -0.15) is 0 Å². The maximum absolute atomic E-state index is 11.0. The van der Waals surface area contributed by atoms with E-state index < -0.39 is 5.97 Å². The number of hydrogen-bond donors (Lipinski definition) is 1. The third-order valence-corrected chi connectivity index (χ3v) is 5.26. The normalized spacial score (nSPS) is 16.8. The molecule has 25 heavy (non-hydrogen) atoms. The van der Waals surface area contributed by atoms with Crippen LogP contribution >= 0.6 is 11.8 Å². The average molecular weight is 357 g/mol. The molecule has 1 N–H and O–H groups in total. The van der Waals surface area contributed by atoms with E-state index in [0.29, 0.717) is 6.61 Å². The highest BCUT2D eigenvalue weighted by atomic mass is 32.2. The number of ether oxygens (including phenoxy) is 1. The van der Waals surface area contributed by atoms with Gasteiger partial charge in [-0.05, 0) is 61.1 Å². The summed E-state index contributed by atoms with van der Waals surface area (Å²) in [5, 5.41) is 9.05. The second-order valence-electron chi connectivity index (χ2n) is 6.22. The molecule has 0 amide bonds. The molecule has 1 saturated heterocycles. The monoisotopic (exact) mass is 357 g/mol.